The Kier molecular flexibility index (Phi) is 5.50. The molecule has 5 aliphatic rings. The van der Waals surface area contributed by atoms with Crippen LogP contribution in [0.5, 0.6) is 0 Å². The first-order valence-electron chi connectivity index (χ1n) is 13.1. The molecule has 198 valence electrons. The van der Waals surface area contributed by atoms with Gasteiger partial charge in [-0.05, 0) is 55.4 Å². The van der Waals surface area contributed by atoms with Crippen molar-refractivity contribution in [2.24, 2.45) is 28.6 Å². The second-order valence-electron chi connectivity index (χ2n) is 12.0. The molecule has 4 fully saturated rings. The van der Waals surface area contributed by atoms with Gasteiger partial charge in [-0.2, -0.15) is 5.06 Å². The number of hydrogen-bond acceptors (Lipinski definition) is 6. The zero-order chi connectivity index (χ0) is 26.4. The molecule has 2 N–H and O–H groups in total. The van der Waals surface area contributed by atoms with Crippen molar-refractivity contribution in [2.45, 2.75) is 63.2 Å². The molecule has 0 aromatic heterocycles. The molecule has 1 aliphatic heterocycles. The molecule has 0 bridgehead atoms. The van der Waals surface area contributed by atoms with Crippen LogP contribution in [-0.4, -0.2) is 63.5 Å². The molecular formula is C29H33F2NO5. The van der Waals surface area contributed by atoms with Gasteiger partial charge in [0.15, 0.2) is 22.8 Å². The summed E-state index contributed by atoms with van der Waals surface area (Å²) in [6.07, 6.45) is 0.944. The summed E-state index contributed by atoms with van der Waals surface area (Å²) in [7, 11) is 0. The van der Waals surface area contributed by atoms with Gasteiger partial charge in [-0.1, -0.05) is 43.3 Å². The second kappa shape index (κ2) is 8.12. The number of aliphatic hydroxyl groups excluding tert-OH is 2. The van der Waals surface area contributed by atoms with Crippen LogP contribution in [0.1, 0.15) is 38.7 Å². The van der Waals surface area contributed by atoms with Crippen molar-refractivity contribution >= 4 is 11.6 Å². The van der Waals surface area contributed by atoms with E-state index in [9.17, 15) is 19.8 Å². The average molecular weight is 514 g/mol. The van der Waals surface area contributed by atoms with Crippen LogP contribution in [0.4, 0.5) is 8.78 Å². The molecule has 6 rings (SSSR count). The fourth-order valence-electron chi connectivity index (χ4n) is 8.82. The molecule has 1 heterocycles. The van der Waals surface area contributed by atoms with Crippen LogP contribution < -0.4 is 0 Å². The van der Waals surface area contributed by atoms with Crippen molar-refractivity contribution in [1.29, 1.82) is 0 Å². The van der Waals surface area contributed by atoms with Gasteiger partial charge in [-0.15, -0.1) is 0 Å². The number of nitrogens with zero attached hydrogens (tertiary/aromatic N) is 1. The highest BCUT2D eigenvalue weighted by Gasteiger charge is 2.79. The van der Waals surface area contributed by atoms with Gasteiger partial charge >= 0.3 is 0 Å². The van der Waals surface area contributed by atoms with Gasteiger partial charge in [0, 0.05) is 35.8 Å². The number of Topliss-reactive ketones (excluding diaryl/α,β-unsaturated/α-hetero) is 1. The third kappa shape index (κ3) is 3.04. The van der Waals surface area contributed by atoms with Gasteiger partial charge < -0.3 is 10.2 Å². The Morgan fingerprint density at radius 3 is 2.62 bits per heavy atom. The minimum atomic E-state index is -2.21. The molecule has 3 saturated carbocycles. The van der Waals surface area contributed by atoms with Crippen molar-refractivity contribution in [3.63, 3.8) is 0 Å². The Morgan fingerprint density at radius 2 is 1.92 bits per heavy atom. The lowest BCUT2D eigenvalue weighted by Gasteiger charge is -2.63. The highest BCUT2D eigenvalue weighted by atomic mass is 19.1. The van der Waals surface area contributed by atoms with E-state index in [0.717, 1.165) is 5.56 Å². The number of ketones is 2. The van der Waals surface area contributed by atoms with Gasteiger partial charge in [0.25, 0.3) is 0 Å². The highest BCUT2D eigenvalue weighted by Crippen LogP contribution is 2.72. The standard InChI is InChI=1S/C29H33F2NO5/c1-26-9-8-19(34)11-22(26)23(30)12-21-20-10-18-15-32(14-17-6-4-3-5-7-17)37-29(18,25(36)16-33)27(20,2)13-24(35)28(21,26)31/h3-9,11,18,20-21,23-24,33,35H,10,12-16H2,1-2H3. The van der Waals surface area contributed by atoms with E-state index in [1.807, 2.05) is 37.3 Å². The normalized spacial score (nSPS) is 46.6. The van der Waals surface area contributed by atoms with Crippen LogP contribution in [0.25, 0.3) is 0 Å². The number of hydroxylamine groups is 2. The highest BCUT2D eigenvalue weighted by molar-refractivity contribution is 6.01. The van der Waals surface area contributed by atoms with Crippen LogP contribution >= 0.6 is 0 Å². The SMILES string of the molecule is CC12C=CC(=O)C=C1C(F)CC1C3CC4CN(Cc5ccccc5)OC4(C(=O)CO)C3(C)CC(O)C12F. The fraction of sp³-hybridized carbons (Fsp3) is 0.586. The Balaban J connectivity index is 1.41. The van der Waals surface area contributed by atoms with Crippen molar-refractivity contribution in [1.82, 2.24) is 5.06 Å². The Labute approximate surface area is 214 Å². The number of aliphatic hydroxyl groups is 2. The summed E-state index contributed by atoms with van der Waals surface area (Å²) in [6, 6.07) is 9.68. The molecule has 0 radical (unpaired) electrons. The maximum Gasteiger partial charge on any atom is 0.192 e. The summed E-state index contributed by atoms with van der Waals surface area (Å²) in [5, 5.41) is 23.3. The minimum Gasteiger partial charge on any atom is -0.390 e. The van der Waals surface area contributed by atoms with Crippen LogP contribution in [0.15, 0.2) is 54.1 Å². The number of rotatable bonds is 4. The smallest absolute Gasteiger partial charge is 0.192 e. The predicted octanol–water partition coefficient (Wildman–Crippen LogP) is 3.28. The van der Waals surface area contributed by atoms with Crippen molar-refractivity contribution in [3.05, 3.63) is 59.7 Å². The summed E-state index contributed by atoms with van der Waals surface area (Å²) in [4.78, 5) is 32.0. The van der Waals surface area contributed by atoms with E-state index in [4.69, 9.17) is 4.84 Å². The molecule has 4 aliphatic carbocycles. The molecule has 0 amide bonds. The van der Waals surface area contributed by atoms with Gasteiger partial charge in [0.2, 0.25) is 0 Å². The fourth-order valence-corrected chi connectivity index (χ4v) is 8.82. The van der Waals surface area contributed by atoms with Crippen LogP contribution in [0.2, 0.25) is 0 Å². The monoisotopic (exact) mass is 513 g/mol. The quantitative estimate of drug-likeness (QED) is 0.643. The lowest BCUT2D eigenvalue weighted by molar-refractivity contribution is -0.269. The van der Waals surface area contributed by atoms with E-state index >= 15 is 8.78 Å². The summed E-state index contributed by atoms with van der Waals surface area (Å²) < 4.78 is 33.0. The Hall–Kier alpha value is -2.26. The molecule has 1 aromatic carbocycles. The number of carbonyl (C=O) groups excluding carboxylic acids is 2. The van der Waals surface area contributed by atoms with Crippen molar-refractivity contribution < 1.29 is 33.4 Å². The third-order valence-electron chi connectivity index (χ3n) is 10.4. The first kappa shape index (κ1) is 25.0. The number of allylic oxidation sites excluding steroid dienone is 4. The van der Waals surface area contributed by atoms with Gasteiger partial charge in [0.05, 0.1) is 6.10 Å². The molecular weight excluding hydrogens is 480 g/mol. The maximum atomic E-state index is 17.4. The Bertz CT molecular complexity index is 1200. The molecule has 1 aromatic rings. The topological polar surface area (TPSA) is 87.1 Å². The summed E-state index contributed by atoms with van der Waals surface area (Å²) >= 11 is 0. The summed E-state index contributed by atoms with van der Waals surface area (Å²) in [5.41, 5.74) is -5.07. The van der Waals surface area contributed by atoms with E-state index < -0.39 is 58.6 Å². The maximum absolute atomic E-state index is 17.4. The third-order valence-corrected chi connectivity index (χ3v) is 10.4. The molecule has 8 heteroatoms. The lowest BCUT2D eigenvalue weighted by atomic mass is 9.44. The van der Waals surface area contributed by atoms with E-state index in [1.165, 1.54) is 18.2 Å². The average Bonchev–Trinajstić information content (AvgIpc) is 3.34. The molecule has 9 unspecified atom stereocenters. The minimum absolute atomic E-state index is 0.0750. The predicted molar refractivity (Wildman–Crippen MR) is 130 cm³/mol. The first-order valence-corrected chi connectivity index (χ1v) is 13.1. The van der Waals surface area contributed by atoms with E-state index in [1.54, 1.807) is 12.0 Å². The Morgan fingerprint density at radius 1 is 1.19 bits per heavy atom. The second-order valence-corrected chi connectivity index (χ2v) is 12.0. The van der Waals surface area contributed by atoms with E-state index in [2.05, 4.69) is 0 Å². The first-order chi connectivity index (χ1) is 17.5. The number of carbonyl (C=O) groups is 2. The van der Waals surface area contributed by atoms with Gasteiger partial charge in [-0.25, -0.2) is 8.78 Å². The lowest BCUT2D eigenvalue weighted by Crippen LogP contribution is -2.70. The molecule has 1 saturated heterocycles. The zero-order valence-corrected chi connectivity index (χ0v) is 21.1. The molecule has 37 heavy (non-hydrogen) atoms. The van der Waals surface area contributed by atoms with Crippen molar-refractivity contribution in [2.75, 3.05) is 13.2 Å². The molecule has 9 atom stereocenters. The zero-order valence-electron chi connectivity index (χ0n) is 21.1. The summed E-state index contributed by atoms with van der Waals surface area (Å²) in [6.45, 7) is 3.51. The summed E-state index contributed by atoms with van der Waals surface area (Å²) in [5.74, 6) is -2.56. The van der Waals surface area contributed by atoms with Gasteiger partial charge in [0.1, 0.15) is 12.8 Å². The number of alkyl halides is 2. The van der Waals surface area contributed by atoms with Crippen LogP contribution in [-0.2, 0) is 21.0 Å². The number of benzene rings is 1. The van der Waals surface area contributed by atoms with E-state index in [-0.39, 0.29) is 30.1 Å². The number of hydrogen-bond donors (Lipinski definition) is 2. The van der Waals surface area contributed by atoms with Crippen LogP contribution in [0, 0.1) is 28.6 Å². The molecule has 0 spiro atoms. The van der Waals surface area contributed by atoms with Crippen LogP contribution in [0.3, 0.4) is 0 Å². The van der Waals surface area contributed by atoms with Crippen molar-refractivity contribution in [3.8, 4) is 0 Å². The number of fused-ring (bicyclic) bond motifs is 7. The van der Waals surface area contributed by atoms with E-state index in [0.29, 0.717) is 19.5 Å². The largest absolute Gasteiger partial charge is 0.390 e. The molecule has 6 nitrogen and oxygen atoms in total. The number of halogens is 2. The van der Waals surface area contributed by atoms with Gasteiger partial charge in [-0.3, -0.25) is 14.4 Å².